The van der Waals surface area contributed by atoms with E-state index in [1.54, 1.807) is 12.3 Å². The van der Waals surface area contributed by atoms with E-state index in [9.17, 15) is 8.42 Å². The van der Waals surface area contributed by atoms with E-state index in [-0.39, 0.29) is 0 Å². The molecular weight excluding hydrogens is 286 g/mol. The molecule has 1 rings (SSSR count). The molecular formula is C15H27N3O2S. The van der Waals surface area contributed by atoms with Gasteiger partial charge in [0.2, 0.25) is 10.0 Å². The summed E-state index contributed by atoms with van der Waals surface area (Å²) >= 11 is 0. The molecule has 1 N–H and O–H groups in total. The average molecular weight is 313 g/mol. The lowest BCUT2D eigenvalue weighted by Crippen LogP contribution is -2.32. The highest BCUT2D eigenvalue weighted by Gasteiger charge is 2.24. The Balaban J connectivity index is 3.03. The average Bonchev–Trinajstić information content (AvgIpc) is 2.75. The molecule has 0 radical (unpaired) electrons. The van der Waals surface area contributed by atoms with Gasteiger partial charge >= 0.3 is 0 Å². The first-order valence-corrected chi connectivity index (χ1v) is 8.65. The molecule has 1 aromatic heterocycles. The monoisotopic (exact) mass is 313 g/mol. The van der Waals surface area contributed by atoms with Crippen LogP contribution >= 0.6 is 0 Å². The van der Waals surface area contributed by atoms with Crippen molar-refractivity contribution in [2.24, 2.45) is 7.05 Å². The maximum Gasteiger partial charge on any atom is 0.244 e. The second-order valence-electron chi connectivity index (χ2n) is 5.70. The molecule has 0 bridgehead atoms. The standard InChI is InChI=1S/C15H27N3O2S/c1-7-18(10-12(2)3)21(19,20)15-8-14(17(6)11-15)9-16-13(4)5/h8,11,13,16H,2,7,9-10H2,1,3-6H3. The molecule has 0 unspecified atom stereocenters. The summed E-state index contributed by atoms with van der Waals surface area (Å²) in [6.07, 6.45) is 1.67. The predicted molar refractivity (Wildman–Crippen MR) is 86.6 cm³/mol. The molecule has 0 atom stereocenters. The Bertz CT molecular complexity index is 588. The Morgan fingerprint density at radius 1 is 1.48 bits per heavy atom. The van der Waals surface area contributed by atoms with Crippen molar-refractivity contribution in [2.75, 3.05) is 13.1 Å². The second kappa shape index (κ2) is 7.24. The number of aryl methyl sites for hydroxylation is 1. The Hall–Kier alpha value is -1.11. The zero-order valence-electron chi connectivity index (χ0n) is 13.7. The number of rotatable bonds is 8. The van der Waals surface area contributed by atoms with Gasteiger partial charge in [0.05, 0.1) is 0 Å². The highest BCUT2D eigenvalue weighted by atomic mass is 32.2. The molecule has 0 fully saturated rings. The van der Waals surface area contributed by atoms with Gasteiger partial charge in [-0.15, -0.1) is 0 Å². The number of nitrogens with one attached hydrogen (secondary N) is 1. The van der Waals surface area contributed by atoms with Gasteiger partial charge in [-0.25, -0.2) is 8.42 Å². The number of sulfonamides is 1. The van der Waals surface area contributed by atoms with Gasteiger partial charge in [-0.3, -0.25) is 0 Å². The first kappa shape index (κ1) is 17.9. The van der Waals surface area contributed by atoms with Crippen LogP contribution in [-0.2, 0) is 23.6 Å². The van der Waals surface area contributed by atoms with E-state index in [0.29, 0.717) is 30.6 Å². The normalized spacial score (nSPS) is 12.3. The van der Waals surface area contributed by atoms with Gasteiger partial charge in [-0.2, -0.15) is 4.31 Å². The summed E-state index contributed by atoms with van der Waals surface area (Å²) in [5, 5.41) is 3.30. The summed E-state index contributed by atoms with van der Waals surface area (Å²) in [6, 6.07) is 2.10. The van der Waals surface area contributed by atoms with Crippen LogP contribution in [0.4, 0.5) is 0 Å². The summed E-state index contributed by atoms with van der Waals surface area (Å²) in [4.78, 5) is 0.341. The highest BCUT2D eigenvalue weighted by Crippen LogP contribution is 2.19. The van der Waals surface area contributed by atoms with Gasteiger partial charge in [0.15, 0.2) is 0 Å². The van der Waals surface area contributed by atoms with Crippen molar-refractivity contribution in [3.05, 3.63) is 30.1 Å². The quantitative estimate of drug-likeness (QED) is 0.748. The van der Waals surface area contributed by atoms with Crippen LogP contribution in [0.3, 0.4) is 0 Å². The van der Waals surface area contributed by atoms with E-state index in [1.165, 1.54) is 4.31 Å². The topological polar surface area (TPSA) is 54.3 Å². The fourth-order valence-electron chi connectivity index (χ4n) is 2.02. The van der Waals surface area contributed by atoms with E-state index >= 15 is 0 Å². The van der Waals surface area contributed by atoms with Crippen LogP contribution in [0.2, 0.25) is 0 Å². The minimum absolute atomic E-state index is 0.341. The maximum absolute atomic E-state index is 12.7. The Labute approximate surface area is 128 Å². The van der Waals surface area contributed by atoms with E-state index in [0.717, 1.165) is 11.3 Å². The molecule has 0 aliphatic heterocycles. The third-order valence-electron chi connectivity index (χ3n) is 3.21. The van der Waals surface area contributed by atoms with Crippen LogP contribution in [-0.4, -0.2) is 36.4 Å². The molecule has 0 aliphatic carbocycles. The number of hydrogen-bond acceptors (Lipinski definition) is 3. The third-order valence-corrected chi connectivity index (χ3v) is 5.10. The van der Waals surface area contributed by atoms with Gasteiger partial charge < -0.3 is 9.88 Å². The molecule has 0 saturated heterocycles. The molecule has 0 aromatic carbocycles. The molecule has 0 amide bonds. The van der Waals surface area contributed by atoms with Gasteiger partial charge in [-0.05, 0) is 13.0 Å². The SMILES string of the molecule is C=C(C)CN(CC)S(=O)(=O)c1cc(CNC(C)C)n(C)c1. The molecule has 5 nitrogen and oxygen atoms in total. The molecule has 1 heterocycles. The summed E-state index contributed by atoms with van der Waals surface area (Å²) < 4.78 is 28.6. The summed E-state index contributed by atoms with van der Waals surface area (Å²) in [7, 11) is -1.60. The van der Waals surface area contributed by atoms with Crippen LogP contribution in [0, 0.1) is 0 Å². The van der Waals surface area contributed by atoms with Crippen molar-refractivity contribution in [3.8, 4) is 0 Å². The van der Waals surface area contributed by atoms with Crippen LogP contribution in [0.5, 0.6) is 0 Å². The molecule has 0 saturated carbocycles. The van der Waals surface area contributed by atoms with Crippen molar-refractivity contribution in [2.45, 2.75) is 45.2 Å². The van der Waals surface area contributed by atoms with Crippen LogP contribution in [0.1, 0.15) is 33.4 Å². The molecule has 120 valence electrons. The largest absolute Gasteiger partial charge is 0.352 e. The van der Waals surface area contributed by atoms with Gasteiger partial charge in [0.1, 0.15) is 4.90 Å². The van der Waals surface area contributed by atoms with Gasteiger partial charge in [-0.1, -0.05) is 32.9 Å². The fourth-order valence-corrected chi connectivity index (χ4v) is 3.62. The van der Waals surface area contributed by atoms with Crippen molar-refractivity contribution >= 4 is 10.0 Å². The summed E-state index contributed by atoms with van der Waals surface area (Å²) in [5.41, 5.74) is 1.78. The summed E-state index contributed by atoms with van der Waals surface area (Å²) in [5.74, 6) is 0. The summed E-state index contributed by atoms with van der Waals surface area (Å²) in [6.45, 7) is 13.0. The number of aromatic nitrogens is 1. The third kappa shape index (κ3) is 4.69. The zero-order valence-corrected chi connectivity index (χ0v) is 14.5. The smallest absolute Gasteiger partial charge is 0.244 e. The van der Waals surface area contributed by atoms with Crippen molar-refractivity contribution in [3.63, 3.8) is 0 Å². The van der Waals surface area contributed by atoms with E-state index in [1.807, 2.05) is 25.5 Å². The number of nitrogens with zero attached hydrogens (tertiary/aromatic N) is 2. The molecule has 1 aromatic rings. The minimum Gasteiger partial charge on any atom is -0.352 e. The van der Waals surface area contributed by atoms with Crippen molar-refractivity contribution < 1.29 is 8.42 Å². The predicted octanol–water partition coefficient (Wildman–Crippen LogP) is 2.11. The van der Waals surface area contributed by atoms with Gasteiger partial charge in [0, 0.05) is 44.6 Å². The molecule has 21 heavy (non-hydrogen) atoms. The molecule has 0 aliphatic rings. The first-order chi connectivity index (χ1) is 9.68. The molecule has 0 spiro atoms. The highest BCUT2D eigenvalue weighted by molar-refractivity contribution is 7.89. The fraction of sp³-hybridized carbons (Fsp3) is 0.600. The lowest BCUT2D eigenvalue weighted by molar-refractivity contribution is 0.453. The van der Waals surface area contributed by atoms with E-state index in [2.05, 4.69) is 25.7 Å². The minimum atomic E-state index is -3.46. The van der Waals surface area contributed by atoms with Crippen LogP contribution in [0.15, 0.2) is 29.3 Å². The first-order valence-electron chi connectivity index (χ1n) is 7.21. The maximum atomic E-state index is 12.7. The number of likely N-dealkylation sites (N-methyl/N-ethyl adjacent to an activating group) is 1. The number of hydrogen-bond donors (Lipinski definition) is 1. The molecule has 6 heteroatoms. The Morgan fingerprint density at radius 2 is 2.10 bits per heavy atom. The Morgan fingerprint density at radius 3 is 2.57 bits per heavy atom. The zero-order chi connectivity index (χ0) is 16.2. The second-order valence-corrected chi connectivity index (χ2v) is 7.64. The Kier molecular flexibility index (Phi) is 6.19. The van der Waals surface area contributed by atoms with Crippen LogP contribution < -0.4 is 5.32 Å². The van der Waals surface area contributed by atoms with E-state index in [4.69, 9.17) is 0 Å². The van der Waals surface area contributed by atoms with Gasteiger partial charge in [0.25, 0.3) is 0 Å². The van der Waals surface area contributed by atoms with Crippen molar-refractivity contribution in [1.29, 1.82) is 0 Å². The van der Waals surface area contributed by atoms with E-state index < -0.39 is 10.0 Å². The van der Waals surface area contributed by atoms with Crippen molar-refractivity contribution in [1.82, 2.24) is 14.2 Å². The lowest BCUT2D eigenvalue weighted by Gasteiger charge is -2.19. The van der Waals surface area contributed by atoms with Crippen LogP contribution in [0.25, 0.3) is 0 Å². The lowest BCUT2D eigenvalue weighted by atomic mass is 10.3.